The van der Waals surface area contributed by atoms with Crippen LogP contribution in [0.4, 0.5) is 5.13 Å². The van der Waals surface area contributed by atoms with E-state index in [0.717, 1.165) is 11.3 Å². The number of thiazole rings is 1. The molecule has 0 aromatic carbocycles. The summed E-state index contributed by atoms with van der Waals surface area (Å²) in [7, 11) is 3.66. The van der Waals surface area contributed by atoms with Gasteiger partial charge in [-0.3, -0.25) is 0 Å². The van der Waals surface area contributed by atoms with Gasteiger partial charge in [0.2, 0.25) is 5.13 Å². The minimum absolute atomic E-state index is 0.200. The Hall–Kier alpha value is -1.43. The molecule has 6 heteroatoms. The van der Waals surface area contributed by atoms with Crippen molar-refractivity contribution < 1.29 is 9.90 Å². The fourth-order valence-electron chi connectivity index (χ4n) is 0.588. The van der Waals surface area contributed by atoms with E-state index >= 15 is 0 Å². The monoisotopic (exact) mass is 199 g/mol. The van der Waals surface area contributed by atoms with E-state index in [2.05, 4.69) is 9.98 Å². The van der Waals surface area contributed by atoms with Crippen LogP contribution in [0, 0.1) is 0 Å². The molecule has 0 aliphatic rings. The Morgan fingerprint density at radius 1 is 1.77 bits per heavy atom. The summed E-state index contributed by atoms with van der Waals surface area (Å²) >= 11 is 1.05. The van der Waals surface area contributed by atoms with Crippen molar-refractivity contribution in [3.63, 3.8) is 0 Å². The van der Waals surface area contributed by atoms with Crippen molar-refractivity contribution in [2.75, 3.05) is 14.1 Å². The summed E-state index contributed by atoms with van der Waals surface area (Å²) in [6.07, 6.45) is 2.87. The number of aromatic carboxylic acids is 1. The number of carboxylic acid groups (broad SMARTS) is 1. The second kappa shape index (κ2) is 3.99. The Morgan fingerprint density at radius 2 is 2.46 bits per heavy atom. The molecule has 0 saturated heterocycles. The van der Waals surface area contributed by atoms with Crippen LogP contribution < -0.4 is 0 Å². The van der Waals surface area contributed by atoms with Crippen molar-refractivity contribution in [2.24, 2.45) is 4.99 Å². The standard InChI is InChI=1S/C7H9N3O2S/c1-10(2)4-9-7-8-3-5(13-7)6(11)12/h3-4H,1-2H3,(H,11,12)/b9-4-. The number of rotatable bonds is 3. The van der Waals surface area contributed by atoms with Gasteiger partial charge in [0.15, 0.2) is 0 Å². The number of aromatic nitrogens is 1. The number of carbonyl (C=O) groups is 1. The highest BCUT2D eigenvalue weighted by Gasteiger charge is 2.06. The summed E-state index contributed by atoms with van der Waals surface area (Å²) in [5, 5.41) is 9.03. The fraction of sp³-hybridized carbons (Fsp3) is 0.286. The zero-order valence-corrected chi connectivity index (χ0v) is 8.08. The van der Waals surface area contributed by atoms with E-state index < -0.39 is 5.97 Å². The first-order valence-electron chi connectivity index (χ1n) is 3.49. The van der Waals surface area contributed by atoms with Crippen molar-refractivity contribution in [1.29, 1.82) is 0 Å². The van der Waals surface area contributed by atoms with Gasteiger partial charge >= 0.3 is 5.97 Å². The normalized spacial score (nSPS) is 10.6. The van der Waals surface area contributed by atoms with Gasteiger partial charge in [0.25, 0.3) is 0 Å². The van der Waals surface area contributed by atoms with Crippen LogP contribution in [0.25, 0.3) is 0 Å². The molecule has 1 N–H and O–H groups in total. The molecule has 5 nitrogen and oxygen atoms in total. The fourth-order valence-corrected chi connectivity index (χ4v) is 1.18. The summed E-state index contributed by atoms with van der Waals surface area (Å²) in [5.41, 5.74) is 0. The molecule has 70 valence electrons. The van der Waals surface area contributed by atoms with Gasteiger partial charge in [0.1, 0.15) is 4.88 Å². The second-order valence-electron chi connectivity index (χ2n) is 2.52. The summed E-state index contributed by atoms with van der Waals surface area (Å²) < 4.78 is 0. The van der Waals surface area contributed by atoms with Gasteiger partial charge in [-0.05, 0) is 0 Å². The number of nitrogens with zero attached hydrogens (tertiary/aromatic N) is 3. The van der Waals surface area contributed by atoms with Gasteiger partial charge in [0.05, 0.1) is 12.5 Å². The van der Waals surface area contributed by atoms with Crippen LogP contribution in [0.1, 0.15) is 9.67 Å². The molecule has 0 atom stereocenters. The lowest BCUT2D eigenvalue weighted by Gasteiger charge is -1.99. The third kappa shape index (κ3) is 2.83. The average molecular weight is 199 g/mol. The third-order valence-corrected chi connectivity index (χ3v) is 2.00. The molecule has 1 heterocycles. The molecule has 0 amide bonds. The Bertz CT molecular complexity index is 332. The molecule has 0 unspecified atom stereocenters. The quantitative estimate of drug-likeness (QED) is 0.584. The molecule has 1 aromatic heterocycles. The van der Waals surface area contributed by atoms with E-state index in [9.17, 15) is 4.79 Å². The molecule has 0 fully saturated rings. The van der Waals surface area contributed by atoms with Crippen LogP contribution in [-0.4, -0.2) is 41.4 Å². The van der Waals surface area contributed by atoms with Gasteiger partial charge in [-0.2, -0.15) is 0 Å². The topological polar surface area (TPSA) is 65.8 Å². The van der Waals surface area contributed by atoms with Crippen LogP contribution in [0.5, 0.6) is 0 Å². The lowest BCUT2D eigenvalue weighted by atomic mass is 10.6. The molecule has 0 spiro atoms. The van der Waals surface area contributed by atoms with Gasteiger partial charge in [-0.15, -0.1) is 0 Å². The Labute approximate surface area is 79.4 Å². The lowest BCUT2D eigenvalue weighted by molar-refractivity contribution is 0.0702. The van der Waals surface area contributed by atoms with Gasteiger partial charge in [0, 0.05) is 14.1 Å². The van der Waals surface area contributed by atoms with Crippen LogP contribution in [0.2, 0.25) is 0 Å². The average Bonchev–Trinajstić information content (AvgIpc) is 2.48. The van der Waals surface area contributed by atoms with Crippen LogP contribution in [0.3, 0.4) is 0 Å². The molecule has 0 radical (unpaired) electrons. The SMILES string of the molecule is CN(C)/C=N\c1ncc(C(=O)O)s1. The highest BCUT2D eigenvalue weighted by molar-refractivity contribution is 7.17. The van der Waals surface area contributed by atoms with E-state index in [0.29, 0.717) is 5.13 Å². The minimum Gasteiger partial charge on any atom is -0.477 e. The zero-order valence-electron chi connectivity index (χ0n) is 7.26. The predicted octanol–water partition coefficient (Wildman–Crippen LogP) is 1.06. The van der Waals surface area contributed by atoms with Crippen molar-refractivity contribution >= 4 is 28.8 Å². The van der Waals surface area contributed by atoms with Crippen LogP contribution in [0.15, 0.2) is 11.2 Å². The van der Waals surface area contributed by atoms with Gasteiger partial charge < -0.3 is 10.0 Å². The van der Waals surface area contributed by atoms with E-state index in [4.69, 9.17) is 5.11 Å². The van der Waals surface area contributed by atoms with Crippen LogP contribution in [-0.2, 0) is 0 Å². The third-order valence-electron chi connectivity index (χ3n) is 1.10. The highest BCUT2D eigenvalue weighted by Crippen LogP contribution is 2.20. The zero-order chi connectivity index (χ0) is 9.84. The van der Waals surface area contributed by atoms with E-state index in [1.165, 1.54) is 6.20 Å². The number of aliphatic imine (C=N–C) groups is 1. The molecule has 0 bridgehead atoms. The summed E-state index contributed by atoms with van der Waals surface area (Å²) in [5.74, 6) is -0.969. The number of hydrogen-bond donors (Lipinski definition) is 1. The lowest BCUT2D eigenvalue weighted by Crippen LogP contribution is -2.06. The Kier molecular flexibility index (Phi) is 2.97. The molecule has 0 saturated carbocycles. The molecule has 1 aromatic rings. The summed E-state index contributed by atoms with van der Waals surface area (Å²) in [6, 6.07) is 0. The summed E-state index contributed by atoms with van der Waals surface area (Å²) in [6.45, 7) is 0. The number of carboxylic acids is 1. The molecule has 0 aliphatic carbocycles. The maximum atomic E-state index is 10.5. The first-order valence-corrected chi connectivity index (χ1v) is 4.31. The second-order valence-corrected chi connectivity index (χ2v) is 3.53. The molecule has 0 aliphatic heterocycles. The van der Waals surface area contributed by atoms with Crippen LogP contribution >= 0.6 is 11.3 Å². The highest BCUT2D eigenvalue weighted by atomic mass is 32.1. The molecule has 13 heavy (non-hydrogen) atoms. The summed E-state index contributed by atoms with van der Waals surface area (Å²) in [4.78, 5) is 20.2. The smallest absolute Gasteiger partial charge is 0.347 e. The van der Waals surface area contributed by atoms with Crippen molar-refractivity contribution in [1.82, 2.24) is 9.88 Å². The molecule has 1 rings (SSSR count). The first kappa shape index (κ1) is 9.66. The van der Waals surface area contributed by atoms with E-state index in [-0.39, 0.29) is 4.88 Å². The van der Waals surface area contributed by atoms with Gasteiger partial charge in [-0.1, -0.05) is 11.3 Å². The first-order chi connectivity index (χ1) is 6.09. The maximum absolute atomic E-state index is 10.5. The van der Waals surface area contributed by atoms with Crippen molar-refractivity contribution in [3.05, 3.63) is 11.1 Å². The largest absolute Gasteiger partial charge is 0.477 e. The van der Waals surface area contributed by atoms with E-state index in [1.807, 2.05) is 14.1 Å². The van der Waals surface area contributed by atoms with Crippen molar-refractivity contribution in [2.45, 2.75) is 0 Å². The Morgan fingerprint density at radius 3 is 2.92 bits per heavy atom. The molecular weight excluding hydrogens is 190 g/mol. The van der Waals surface area contributed by atoms with Gasteiger partial charge in [-0.25, -0.2) is 14.8 Å². The van der Waals surface area contributed by atoms with E-state index in [1.54, 1.807) is 11.2 Å². The molecular formula is C7H9N3O2S. The Balaban J connectivity index is 2.75. The predicted molar refractivity (Wildman–Crippen MR) is 50.9 cm³/mol. The minimum atomic E-state index is -0.969. The maximum Gasteiger partial charge on any atom is 0.347 e. The van der Waals surface area contributed by atoms with Crippen molar-refractivity contribution in [3.8, 4) is 0 Å². The number of hydrogen-bond acceptors (Lipinski definition) is 4.